The second kappa shape index (κ2) is 11.6. The van der Waals surface area contributed by atoms with Crippen molar-refractivity contribution in [3.8, 4) is 11.8 Å². The standard InChI is InChI=1S/C24H27N3O6S/c1-32-22-12-11-20(34(30,31)26-14-7-2-3-8-15-26)17-21(22)24(29)33-18-23(28)27(16-13-25)19-9-5-4-6-10-19/h4-6,9-12,17H,2-3,7-8,14-16,18H2,1H3. The van der Waals surface area contributed by atoms with Crippen LogP contribution in [-0.2, 0) is 19.6 Å². The van der Waals surface area contributed by atoms with Crippen LogP contribution < -0.4 is 9.64 Å². The van der Waals surface area contributed by atoms with Crippen molar-refractivity contribution in [1.82, 2.24) is 4.31 Å². The van der Waals surface area contributed by atoms with E-state index < -0.39 is 28.5 Å². The summed E-state index contributed by atoms with van der Waals surface area (Å²) in [5.41, 5.74) is 0.394. The van der Waals surface area contributed by atoms with Crippen molar-refractivity contribution in [2.75, 3.05) is 38.3 Å². The fraction of sp³-hybridized carbons (Fsp3) is 0.375. The second-order valence-electron chi connectivity index (χ2n) is 7.73. The lowest BCUT2D eigenvalue weighted by Crippen LogP contribution is -2.35. The fourth-order valence-electron chi connectivity index (χ4n) is 3.72. The molecule has 0 aliphatic carbocycles. The molecule has 0 atom stereocenters. The normalized spacial score (nSPS) is 14.5. The van der Waals surface area contributed by atoms with Crippen molar-refractivity contribution in [2.24, 2.45) is 0 Å². The summed E-state index contributed by atoms with van der Waals surface area (Å²) < 4.78 is 38.1. The zero-order valence-corrected chi connectivity index (χ0v) is 19.8. The average Bonchev–Trinajstić information content (AvgIpc) is 3.16. The Morgan fingerprint density at radius 1 is 1.06 bits per heavy atom. The van der Waals surface area contributed by atoms with Gasteiger partial charge in [-0.25, -0.2) is 13.2 Å². The van der Waals surface area contributed by atoms with E-state index in [1.54, 1.807) is 30.3 Å². The SMILES string of the molecule is COc1ccc(S(=O)(=O)N2CCCCCC2)cc1C(=O)OCC(=O)N(CC#N)c1ccccc1. The number of methoxy groups -OCH3 is 1. The van der Waals surface area contributed by atoms with E-state index in [1.165, 1.54) is 34.5 Å². The van der Waals surface area contributed by atoms with Gasteiger partial charge in [0.1, 0.15) is 17.9 Å². The van der Waals surface area contributed by atoms with Crippen molar-refractivity contribution in [1.29, 1.82) is 5.26 Å². The number of anilines is 1. The molecular formula is C24H27N3O6S. The molecule has 1 saturated heterocycles. The minimum atomic E-state index is -3.80. The molecule has 0 radical (unpaired) electrons. The maximum Gasteiger partial charge on any atom is 0.342 e. The Morgan fingerprint density at radius 3 is 2.35 bits per heavy atom. The lowest BCUT2D eigenvalue weighted by atomic mass is 10.2. The van der Waals surface area contributed by atoms with Crippen molar-refractivity contribution in [3.05, 3.63) is 54.1 Å². The number of para-hydroxylation sites is 1. The highest BCUT2D eigenvalue weighted by Gasteiger charge is 2.28. The van der Waals surface area contributed by atoms with Crippen LogP contribution in [0.2, 0.25) is 0 Å². The molecule has 3 rings (SSSR count). The van der Waals surface area contributed by atoms with Crippen LogP contribution in [0.1, 0.15) is 36.0 Å². The van der Waals surface area contributed by atoms with E-state index in [0.29, 0.717) is 18.8 Å². The molecule has 1 aliphatic rings. The van der Waals surface area contributed by atoms with E-state index in [-0.39, 0.29) is 22.8 Å². The van der Waals surface area contributed by atoms with Crippen molar-refractivity contribution in [2.45, 2.75) is 30.6 Å². The monoisotopic (exact) mass is 485 g/mol. The van der Waals surface area contributed by atoms with Gasteiger partial charge >= 0.3 is 5.97 Å². The predicted octanol–water partition coefficient (Wildman–Crippen LogP) is 2.97. The molecule has 10 heteroatoms. The summed E-state index contributed by atoms with van der Waals surface area (Å²) >= 11 is 0. The molecule has 2 aromatic carbocycles. The van der Waals surface area contributed by atoms with E-state index in [4.69, 9.17) is 14.7 Å². The van der Waals surface area contributed by atoms with Gasteiger partial charge in [0.2, 0.25) is 10.0 Å². The summed E-state index contributed by atoms with van der Waals surface area (Å²) in [4.78, 5) is 26.6. The summed E-state index contributed by atoms with van der Waals surface area (Å²) in [6.07, 6.45) is 3.53. The second-order valence-corrected chi connectivity index (χ2v) is 9.67. The smallest absolute Gasteiger partial charge is 0.342 e. The highest BCUT2D eigenvalue weighted by atomic mass is 32.2. The van der Waals surface area contributed by atoms with Crippen LogP contribution >= 0.6 is 0 Å². The highest BCUT2D eigenvalue weighted by molar-refractivity contribution is 7.89. The van der Waals surface area contributed by atoms with Crippen LogP contribution in [0, 0.1) is 11.3 Å². The summed E-state index contributed by atoms with van der Waals surface area (Å²) in [5, 5.41) is 9.07. The third-order valence-corrected chi connectivity index (χ3v) is 7.41. The Balaban J connectivity index is 1.78. The first-order valence-electron chi connectivity index (χ1n) is 11.0. The Labute approximate surface area is 199 Å². The molecule has 180 valence electrons. The molecule has 1 heterocycles. The lowest BCUT2D eigenvalue weighted by molar-refractivity contribution is -0.121. The molecule has 0 spiro atoms. The quantitative estimate of drug-likeness (QED) is 0.417. The highest BCUT2D eigenvalue weighted by Crippen LogP contribution is 2.27. The van der Waals surface area contributed by atoms with E-state index in [9.17, 15) is 18.0 Å². The van der Waals surface area contributed by atoms with Gasteiger partial charge in [-0.2, -0.15) is 9.57 Å². The maximum absolute atomic E-state index is 13.1. The lowest BCUT2D eigenvalue weighted by Gasteiger charge is -2.21. The Kier molecular flexibility index (Phi) is 8.62. The number of benzene rings is 2. The molecule has 0 saturated carbocycles. The summed E-state index contributed by atoms with van der Waals surface area (Å²) in [7, 11) is -2.44. The van der Waals surface area contributed by atoms with Crippen LogP contribution in [0.3, 0.4) is 0 Å². The predicted molar refractivity (Wildman–Crippen MR) is 125 cm³/mol. The van der Waals surface area contributed by atoms with Crippen LogP contribution in [0.15, 0.2) is 53.4 Å². The number of esters is 1. The van der Waals surface area contributed by atoms with Crippen molar-refractivity contribution < 1.29 is 27.5 Å². The molecule has 0 N–H and O–H groups in total. The average molecular weight is 486 g/mol. The van der Waals surface area contributed by atoms with Crippen LogP contribution in [0.25, 0.3) is 0 Å². The number of nitrogens with zero attached hydrogens (tertiary/aromatic N) is 3. The topological polar surface area (TPSA) is 117 Å². The molecule has 1 aliphatic heterocycles. The molecule has 0 aromatic heterocycles. The van der Waals surface area contributed by atoms with Gasteiger partial charge in [0.25, 0.3) is 5.91 Å². The summed E-state index contributed by atoms with van der Waals surface area (Å²) in [6.45, 7) is 0.0165. The van der Waals surface area contributed by atoms with E-state index in [2.05, 4.69) is 0 Å². The van der Waals surface area contributed by atoms with Crippen LogP contribution in [0.4, 0.5) is 5.69 Å². The van der Waals surface area contributed by atoms with Crippen molar-refractivity contribution in [3.63, 3.8) is 0 Å². The molecule has 9 nitrogen and oxygen atoms in total. The molecule has 0 bridgehead atoms. The number of rotatable bonds is 8. The van der Waals surface area contributed by atoms with Crippen molar-refractivity contribution >= 4 is 27.6 Å². The van der Waals surface area contributed by atoms with Gasteiger partial charge in [-0.3, -0.25) is 9.69 Å². The minimum absolute atomic E-state index is 0.0381. The maximum atomic E-state index is 13.1. The largest absolute Gasteiger partial charge is 0.496 e. The first kappa shape index (κ1) is 25.2. The van der Waals surface area contributed by atoms with Gasteiger partial charge in [0.15, 0.2) is 6.61 Å². The number of sulfonamides is 1. The molecule has 34 heavy (non-hydrogen) atoms. The number of carbonyl (C=O) groups excluding carboxylic acids is 2. The first-order valence-corrected chi connectivity index (χ1v) is 12.4. The van der Waals surface area contributed by atoms with Crippen LogP contribution in [0.5, 0.6) is 5.75 Å². The zero-order valence-electron chi connectivity index (χ0n) is 19.0. The number of carbonyl (C=O) groups is 2. The minimum Gasteiger partial charge on any atom is -0.496 e. The fourth-order valence-corrected chi connectivity index (χ4v) is 5.27. The van der Waals surface area contributed by atoms with Gasteiger partial charge in [-0.1, -0.05) is 31.0 Å². The van der Waals surface area contributed by atoms with Gasteiger partial charge in [-0.15, -0.1) is 0 Å². The Hall–Kier alpha value is -3.42. The van der Waals surface area contributed by atoms with Gasteiger partial charge < -0.3 is 9.47 Å². The number of amides is 1. The molecule has 1 fully saturated rings. The number of hydrogen-bond donors (Lipinski definition) is 0. The third-order valence-electron chi connectivity index (χ3n) is 5.52. The summed E-state index contributed by atoms with van der Waals surface area (Å²) in [5.74, 6) is -1.36. The molecule has 1 amide bonds. The van der Waals surface area contributed by atoms with E-state index in [1.807, 2.05) is 6.07 Å². The first-order chi connectivity index (χ1) is 16.4. The Bertz CT molecular complexity index is 1150. The van der Waals surface area contributed by atoms with E-state index >= 15 is 0 Å². The Morgan fingerprint density at radius 2 is 1.74 bits per heavy atom. The van der Waals surface area contributed by atoms with Gasteiger partial charge in [0.05, 0.1) is 18.1 Å². The molecular weight excluding hydrogens is 458 g/mol. The third kappa shape index (κ3) is 5.92. The number of ether oxygens (including phenoxy) is 2. The van der Waals surface area contributed by atoms with E-state index in [0.717, 1.165) is 25.7 Å². The molecule has 2 aromatic rings. The zero-order chi connectivity index (χ0) is 24.6. The molecule has 0 unspecified atom stereocenters. The van der Waals surface area contributed by atoms with Gasteiger partial charge in [0, 0.05) is 18.8 Å². The number of hydrogen-bond acceptors (Lipinski definition) is 7. The number of nitriles is 1. The van der Waals surface area contributed by atoms with Crippen LogP contribution in [-0.4, -0.2) is 58.0 Å². The van der Waals surface area contributed by atoms with Gasteiger partial charge in [-0.05, 0) is 43.2 Å². The summed E-state index contributed by atoms with van der Waals surface area (Å²) in [6, 6.07) is 14.5.